The molecule has 6 nitrogen and oxygen atoms in total. The van der Waals surface area contributed by atoms with Crippen LogP contribution in [0.25, 0.3) is 0 Å². The van der Waals surface area contributed by atoms with Gasteiger partial charge in [-0.2, -0.15) is 5.26 Å². The van der Waals surface area contributed by atoms with Gasteiger partial charge in [0, 0.05) is 31.1 Å². The minimum absolute atomic E-state index is 0.116. The zero-order chi connectivity index (χ0) is 20.4. The molecule has 1 aromatic carbocycles. The van der Waals surface area contributed by atoms with Crippen LogP contribution in [0.2, 0.25) is 0 Å². The lowest BCUT2D eigenvalue weighted by Crippen LogP contribution is -2.55. The maximum absolute atomic E-state index is 12.4. The lowest BCUT2D eigenvalue weighted by Gasteiger charge is -2.45. The lowest BCUT2D eigenvalue weighted by molar-refractivity contribution is -0.440. The molecule has 144 valence electrons. The monoisotopic (exact) mass is 393 g/mol. The Hall–Kier alpha value is -2.95. The van der Waals surface area contributed by atoms with E-state index in [4.69, 9.17) is 0 Å². The summed E-state index contributed by atoms with van der Waals surface area (Å²) in [7, 11) is 3.19. The van der Waals surface area contributed by atoms with Gasteiger partial charge >= 0.3 is 0 Å². The smallest absolute Gasteiger partial charge is 0.255 e. The molecule has 1 fully saturated rings. The number of hydrogen-bond donors (Lipinski definition) is 0. The summed E-state index contributed by atoms with van der Waals surface area (Å²) >= 11 is 1.54. The van der Waals surface area contributed by atoms with E-state index in [0.29, 0.717) is 11.4 Å². The Balaban J connectivity index is 1.92. The predicted octanol–water partition coefficient (Wildman–Crippen LogP) is 2.40. The highest BCUT2D eigenvalue weighted by Gasteiger charge is 2.29. The van der Waals surface area contributed by atoms with Crippen LogP contribution < -0.4 is 10.0 Å². The van der Waals surface area contributed by atoms with E-state index in [0.717, 1.165) is 22.2 Å². The Morgan fingerprint density at radius 3 is 2.79 bits per heavy atom. The molecule has 2 aliphatic rings. The summed E-state index contributed by atoms with van der Waals surface area (Å²) < 4.78 is 0. The average Bonchev–Trinajstić information content (AvgIpc) is 3.08. The topological polar surface area (TPSA) is 73.6 Å². The molecule has 2 aliphatic heterocycles. The van der Waals surface area contributed by atoms with E-state index in [1.807, 2.05) is 31.2 Å². The number of fused-ring (bicyclic) bond motifs is 1. The van der Waals surface area contributed by atoms with Crippen LogP contribution in [0.4, 0.5) is 5.69 Å². The summed E-state index contributed by atoms with van der Waals surface area (Å²) in [5, 5.41) is 23.0. The molecule has 0 N–H and O–H groups in total. The fourth-order valence-electron chi connectivity index (χ4n) is 3.10. The fraction of sp³-hybridized carbons (Fsp3) is 0.238. The third-order valence-corrected chi connectivity index (χ3v) is 5.98. The van der Waals surface area contributed by atoms with Gasteiger partial charge in [0.2, 0.25) is 0 Å². The van der Waals surface area contributed by atoms with Gasteiger partial charge in [-0.15, -0.1) is 0 Å². The van der Waals surface area contributed by atoms with Crippen molar-refractivity contribution in [3.8, 4) is 6.07 Å². The summed E-state index contributed by atoms with van der Waals surface area (Å²) in [6.07, 6.45) is 3.40. The number of anilines is 1. The molecule has 0 spiro atoms. The number of nitrogens with zero attached hydrogens (tertiary/aromatic N) is 4. The number of nitriles is 1. The molecule has 1 aromatic rings. The molecule has 0 saturated carbocycles. The molecule has 0 aliphatic carbocycles. The molecule has 28 heavy (non-hydrogen) atoms. The van der Waals surface area contributed by atoms with Gasteiger partial charge in [-0.3, -0.25) is 9.69 Å². The van der Waals surface area contributed by atoms with E-state index in [1.54, 1.807) is 38.0 Å². The van der Waals surface area contributed by atoms with Crippen LogP contribution in [0.1, 0.15) is 6.92 Å². The Morgan fingerprint density at radius 1 is 1.39 bits per heavy atom. The van der Waals surface area contributed by atoms with Crippen LogP contribution in [-0.4, -0.2) is 42.6 Å². The molecule has 2 heterocycles. The van der Waals surface area contributed by atoms with E-state index < -0.39 is 6.23 Å². The van der Waals surface area contributed by atoms with Gasteiger partial charge in [-0.25, -0.2) is 0 Å². The van der Waals surface area contributed by atoms with Crippen molar-refractivity contribution in [2.24, 2.45) is 0 Å². The van der Waals surface area contributed by atoms with Gasteiger partial charge < -0.3 is 14.9 Å². The standard InChI is InChI=1S/C21H21N4O2S/c1-5-25-17-11-6-7-12-18(17)28-21(25)15(13-22)9-8-10-16-19(26)23(3)14(2)24(4)20(16)27/h6-12,19H,2,5H2,1,3-4H3/q-1/b9-8+,16-10-,21-15+. The summed E-state index contributed by atoms with van der Waals surface area (Å²) in [5.74, 6) is -0.0126. The number of amides is 1. The normalized spacial score (nSPS) is 22.9. The van der Waals surface area contributed by atoms with Crippen molar-refractivity contribution in [1.82, 2.24) is 9.80 Å². The van der Waals surface area contributed by atoms with Crippen LogP contribution in [0.3, 0.4) is 0 Å². The highest BCUT2D eigenvalue weighted by atomic mass is 32.2. The zero-order valence-corrected chi connectivity index (χ0v) is 16.9. The number of allylic oxidation sites excluding steroid dienone is 4. The van der Waals surface area contributed by atoms with Gasteiger partial charge in [0.15, 0.2) is 0 Å². The van der Waals surface area contributed by atoms with Crippen molar-refractivity contribution in [2.45, 2.75) is 18.0 Å². The van der Waals surface area contributed by atoms with Crippen molar-refractivity contribution in [3.05, 3.63) is 71.1 Å². The first-order chi connectivity index (χ1) is 13.4. The van der Waals surface area contributed by atoms with Gasteiger partial charge in [-0.05, 0) is 31.4 Å². The number of carbonyl (C=O) groups excluding carboxylic acids is 1. The third-order valence-electron chi connectivity index (χ3n) is 4.78. The number of benzene rings is 1. The summed E-state index contributed by atoms with van der Waals surface area (Å²) in [5.41, 5.74) is 1.68. The van der Waals surface area contributed by atoms with E-state index >= 15 is 0 Å². The van der Waals surface area contributed by atoms with E-state index in [2.05, 4.69) is 17.5 Å². The maximum atomic E-state index is 12.4. The Bertz CT molecular complexity index is 957. The quantitative estimate of drug-likeness (QED) is 0.580. The average molecular weight is 393 g/mol. The fourth-order valence-corrected chi connectivity index (χ4v) is 4.30. The molecule has 0 aromatic heterocycles. The molecule has 7 heteroatoms. The second-order valence-corrected chi connectivity index (χ2v) is 7.40. The van der Waals surface area contributed by atoms with E-state index in [1.165, 1.54) is 15.9 Å². The molecule has 3 rings (SSSR count). The summed E-state index contributed by atoms with van der Waals surface area (Å²) in [6, 6.07) is 10.2. The Morgan fingerprint density at radius 2 is 2.11 bits per heavy atom. The van der Waals surface area contributed by atoms with Gasteiger partial charge in [0.25, 0.3) is 5.91 Å². The van der Waals surface area contributed by atoms with Crippen molar-refractivity contribution in [3.63, 3.8) is 0 Å². The Labute approximate surface area is 169 Å². The second kappa shape index (κ2) is 7.97. The highest BCUT2D eigenvalue weighted by Crippen LogP contribution is 2.46. The van der Waals surface area contributed by atoms with Crippen molar-refractivity contribution < 1.29 is 9.90 Å². The van der Waals surface area contributed by atoms with Crippen LogP contribution in [-0.2, 0) is 4.79 Å². The van der Waals surface area contributed by atoms with Crippen LogP contribution in [0.15, 0.2) is 76.0 Å². The maximum Gasteiger partial charge on any atom is 0.255 e. The predicted molar refractivity (Wildman–Crippen MR) is 109 cm³/mol. The van der Waals surface area contributed by atoms with Gasteiger partial charge in [0.05, 0.1) is 16.3 Å². The minimum atomic E-state index is -1.32. The second-order valence-electron chi connectivity index (χ2n) is 6.37. The molecule has 0 radical (unpaired) electrons. The first-order valence-corrected chi connectivity index (χ1v) is 9.65. The number of thioether (sulfide) groups is 1. The SMILES string of the molecule is C=C1N(C)C(=O)\C(=C/C=C/C(C#N)=C2\Sc3ccccc3N2CC)C([O-])N1C. The zero-order valence-electron chi connectivity index (χ0n) is 16.0. The number of likely N-dealkylation sites (N-methyl/N-ethyl adjacent to an activating group) is 2. The van der Waals surface area contributed by atoms with E-state index in [-0.39, 0.29) is 11.5 Å². The Kier molecular flexibility index (Phi) is 5.63. The van der Waals surface area contributed by atoms with E-state index in [9.17, 15) is 15.2 Å². The molecule has 1 amide bonds. The van der Waals surface area contributed by atoms with Crippen LogP contribution in [0.5, 0.6) is 0 Å². The summed E-state index contributed by atoms with van der Waals surface area (Å²) in [4.78, 5) is 18.3. The first-order valence-electron chi connectivity index (χ1n) is 8.83. The molecule has 1 unspecified atom stereocenters. The van der Waals surface area contributed by atoms with Crippen LogP contribution >= 0.6 is 11.8 Å². The number of para-hydroxylation sites is 1. The molecule has 0 bridgehead atoms. The number of carbonyl (C=O) groups is 1. The largest absolute Gasteiger partial charge is 0.833 e. The van der Waals surface area contributed by atoms with Gasteiger partial charge in [-0.1, -0.05) is 42.6 Å². The minimum Gasteiger partial charge on any atom is -0.833 e. The number of rotatable bonds is 3. The molecular weight excluding hydrogens is 372 g/mol. The molecule has 1 atom stereocenters. The van der Waals surface area contributed by atoms with Gasteiger partial charge in [0.1, 0.15) is 11.9 Å². The highest BCUT2D eigenvalue weighted by molar-refractivity contribution is 8.03. The van der Waals surface area contributed by atoms with Crippen molar-refractivity contribution >= 4 is 23.4 Å². The summed E-state index contributed by atoms with van der Waals surface area (Å²) in [6.45, 7) is 6.52. The first kappa shape index (κ1) is 19.8. The number of hydrogen-bond acceptors (Lipinski definition) is 6. The van der Waals surface area contributed by atoms with Crippen molar-refractivity contribution in [2.75, 3.05) is 25.5 Å². The third kappa shape index (κ3) is 3.33. The molecule has 1 saturated heterocycles. The van der Waals surface area contributed by atoms with Crippen LogP contribution in [0, 0.1) is 11.3 Å². The van der Waals surface area contributed by atoms with Crippen molar-refractivity contribution in [1.29, 1.82) is 5.26 Å². The molecular formula is C21H21N4O2S-. The lowest BCUT2D eigenvalue weighted by atomic mass is 10.1.